The summed E-state index contributed by atoms with van der Waals surface area (Å²) in [5.41, 5.74) is -2.74. The van der Waals surface area contributed by atoms with Gasteiger partial charge < -0.3 is 19.8 Å². The summed E-state index contributed by atoms with van der Waals surface area (Å²) in [6.07, 6.45) is -3.24. The summed E-state index contributed by atoms with van der Waals surface area (Å²) in [5.74, 6) is -3.12. The highest BCUT2D eigenvalue weighted by atomic mass is 32.2. The SMILES string of the molecule is CNC(=O)c1c(-c2ccc(F)cc2)oc2cc(N(Cc3ccc(B(O)O)c(F)c3C(F)(F)F)S(C)(=O)=O)c(C3CC3)cc12. The van der Waals surface area contributed by atoms with E-state index in [1.54, 1.807) is 6.07 Å². The molecule has 3 aromatic carbocycles. The van der Waals surface area contributed by atoms with E-state index in [0.717, 1.165) is 18.4 Å². The number of fused-ring (bicyclic) bond motifs is 1. The summed E-state index contributed by atoms with van der Waals surface area (Å²) in [5, 5.41) is 21.5. The van der Waals surface area contributed by atoms with Crippen LogP contribution in [0.25, 0.3) is 22.3 Å². The highest BCUT2D eigenvalue weighted by Crippen LogP contribution is 2.48. The lowest BCUT2D eigenvalue weighted by atomic mass is 9.78. The minimum atomic E-state index is -5.30. The molecule has 1 aliphatic rings. The number of rotatable bonds is 8. The number of anilines is 1. The normalized spacial score (nSPS) is 13.8. The van der Waals surface area contributed by atoms with Crippen LogP contribution in [0.1, 0.15) is 45.8 Å². The lowest BCUT2D eigenvalue weighted by Gasteiger charge is -2.27. The fourth-order valence-corrected chi connectivity index (χ4v) is 5.94. The third-order valence-corrected chi connectivity index (χ3v) is 8.34. The Morgan fingerprint density at radius 2 is 1.74 bits per heavy atom. The van der Waals surface area contributed by atoms with Crippen molar-refractivity contribution in [1.82, 2.24) is 5.32 Å². The summed E-state index contributed by atoms with van der Waals surface area (Å²) >= 11 is 0. The van der Waals surface area contributed by atoms with Gasteiger partial charge in [0.1, 0.15) is 23.0 Å². The Morgan fingerprint density at radius 1 is 1.09 bits per heavy atom. The van der Waals surface area contributed by atoms with E-state index in [0.29, 0.717) is 33.7 Å². The molecule has 8 nitrogen and oxygen atoms in total. The molecule has 0 atom stereocenters. The van der Waals surface area contributed by atoms with Crippen molar-refractivity contribution in [2.45, 2.75) is 31.5 Å². The number of alkyl halides is 3. The standard InChI is InChI=1S/C28H24BF5N2O6S/c1-35-27(37)23-19-11-18(14-3-4-14)21(12-22(19)42-26(23)15-5-8-17(30)9-6-15)36(43(2,40)41)13-16-7-10-20(29(38)39)25(31)24(16)28(32,33)34/h5-12,14,38-39H,3-4,13H2,1-2H3,(H,35,37). The zero-order chi connectivity index (χ0) is 31.4. The Morgan fingerprint density at radius 3 is 2.28 bits per heavy atom. The molecule has 0 saturated heterocycles. The number of carbonyl (C=O) groups excluding carboxylic acids is 1. The minimum absolute atomic E-state index is 0.0276. The monoisotopic (exact) mass is 622 g/mol. The summed E-state index contributed by atoms with van der Waals surface area (Å²) in [7, 11) is -5.45. The molecule has 15 heteroatoms. The van der Waals surface area contributed by atoms with E-state index in [2.05, 4.69) is 5.32 Å². The first-order valence-electron chi connectivity index (χ1n) is 12.9. The van der Waals surface area contributed by atoms with Crippen LogP contribution >= 0.6 is 0 Å². The molecule has 0 bridgehead atoms. The van der Waals surface area contributed by atoms with Crippen molar-refractivity contribution < 1.29 is 49.6 Å². The van der Waals surface area contributed by atoms with Crippen molar-refractivity contribution in [1.29, 1.82) is 0 Å². The second-order valence-electron chi connectivity index (χ2n) is 10.2. The maximum atomic E-state index is 14.9. The highest BCUT2D eigenvalue weighted by molar-refractivity contribution is 7.92. The van der Waals surface area contributed by atoms with Gasteiger partial charge in [-0.15, -0.1) is 0 Å². The summed E-state index contributed by atoms with van der Waals surface area (Å²) in [6.45, 7) is -0.953. The number of nitrogens with zero attached hydrogens (tertiary/aromatic N) is 1. The summed E-state index contributed by atoms with van der Waals surface area (Å²) in [4.78, 5) is 13.0. The summed E-state index contributed by atoms with van der Waals surface area (Å²) < 4.78 is 104. The lowest BCUT2D eigenvalue weighted by Crippen LogP contribution is -2.37. The molecule has 1 saturated carbocycles. The molecule has 0 unspecified atom stereocenters. The molecule has 0 radical (unpaired) electrons. The van der Waals surface area contributed by atoms with Gasteiger partial charge in [0.2, 0.25) is 10.0 Å². The maximum Gasteiger partial charge on any atom is 0.491 e. The molecule has 1 heterocycles. The van der Waals surface area contributed by atoms with Crippen LogP contribution in [-0.2, 0) is 22.7 Å². The van der Waals surface area contributed by atoms with Crippen LogP contribution in [0.5, 0.6) is 0 Å². The van der Waals surface area contributed by atoms with Crippen LogP contribution in [0.15, 0.2) is 52.9 Å². The van der Waals surface area contributed by atoms with Crippen LogP contribution in [0.4, 0.5) is 27.6 Å². The molecule has 0 aliphatic heterocycles. The molecule has 1 amide bonds. The van der Waals surface area contributed by atoms with Crippen molar-refractivity contribution in [3.8, 4) is 11.3 Å². The fourth-order valence-electron chi connectivity index (χ4n) is 5.05. The smallest absolute Gasteiger partial charge is 0.455 e. The average molecular weight is 622 g/mol. The van der Waals surface area contributed by atoms with Gasteiger partial charge in [-0.1, -0.05) is 12.1 Å². The van der Waals surface area contributed by atoms with Gasteiger partial charge in [0.15, 0.2) is 0 Å². The number of benzene rings is 3. The van der Waals surface area contributed by atoms with Crippen LogP contribution in [0.2, 0.25) is 0 Å². The van der Waals surface area contributed by atoms with Crippen LogP contribution < -0.4 is 15.1 Å². The van der Waals surface area contributed by atoms with E-state index in [1.165, 1.54) is 37.4 Å². The van der Waals surface area contributed by atoms with E-state index in [1.807, 2.05) is 0 Å². The van der Waals surface area contributed by atoms with Gasteiger partial charge in [0.25, 0.3) is 5.91 Å². The van der Waals surface area contributed by atoms with Gasteiger partial charge in [0.05, 0.1) is 29.6 Å². The quantitative estimate of drug-likeness (QED) is 0.200. The van der Waals surface area contributed by atoms with Crippen molar-refractivity contribution in [3.05, 3.63) is 82.4 Å². The first-order chi connectivity index (χ1) is 20.1. The predicted octanol–water partition coefficient (Wildman–Crippen LogP) is 4.28. The van der Waals surface area contributed by atoms with E-state index in [-0.39, 0.29) is 28.5 Å². The Bertz CT molecular complexity index is 1840. The van der Waals surface area contributed by atoms with Gasteiger partial charge in [-0.05, 0) is 60.2 Å². The maximum absolute atomic E-state index is 14.9. The molecule has 0 spiro atoms. The van der Waals surface area contributed by atoms with Crippen molar-refractivity contribution in [2.24, 2.45) is 0 Å². The number of halogens is 5. The first-order valence-corrected chi connectivity index (χ1v) is 14.8. The van der Waals surface area contributed by atoms with E-state index >= 15 is 0 Å². The molecule has 43 heavy (non-hydrogen) atoms. The van der Waals surface area contributed by atoms with E-state index < -0.39 is 64.0 Å². The molecule has 1 aromatic heterocycles. The number of furan rings is 1. The fraction of sp³-hybridized carbons (Fsp3) is 0.250. The second kappa shape index (κ2) is 11.0. The first kappa shape index (κ1) is 30.5. The molecule has 3 N–H and O–H groups in total. The predicted molar refractivity (Wildman–Crippen MR) is 149 cm³/mol. The van der Waals surface area contributed by atoms with Gasteiger partial charge in [-0.3, -0.25) is 9.10 Å². The molecular formula is C28H24BF5N2O6S. The van der Waals surface area contributed by atoms with Gasteiger partial charge >= 0.3 is 13.3 Å². The summed E-state index contributed by atoms with van der Waals surface area (Å²) in [6, 6.07) is 9.51. The number of amides is 1. The number of nitrogens with one attached hydrogen (secondary N) is 1. The average Bonchev–Trinajstić information content (AvgIpc) is 3.69. The third-order valence-electron chi connectivity index (χ3n) is 7.22. The van der Waals surface area contributed by atoms with E-state index in [4.69, 9.17) is 4.42 Å². The van der Waals surface area contributed by atoms with Crippen LogP contribution in [0, 0.1) is 11.6 Å². The second-order valence-corrected chi connectivity index (χ2v) is 12.1. The Kier molecular flexibility index (Phi) is 7.77. The number of sulfonamides is 1. The third kappa shape index (κ3) is 5.84. The zero-order valence-corrected chi connectivity index (χ0v) is 23.5. The van der Waals surface area contributed by atoms with Crippen LogP contribution in [-0.4, -0.2) is 44.8 Å². The van der Waals surface area contributed by atoms with Crippen LogP contribution in [0.3, 0.4) is 0 Å². The highest BCUT2D eigenvalue weighted by Gasteiger charge is 2.41. The molecular weight excluding hydrogens is 598 g/mol. The Balaban J connectivity index is 1.74. The number of carbonyl (C=O) groups is 1. The van der Waals surface area contributed by atoms with Crippen molar-refractivity contribution in [2.75, 3.05) is 17.6 Å². The zero-order valence-electron chi connectivity index (χ0n) is 22.7. The number of hydrogen-bond acceptors (Lipinski definition) is 6. The molecule has 226 valence electrons. The minimum Gasteiger partial charge on any atom is -0.455 e. The molecule has 4 aromatic rings. The van der Waals surface area contributed by atoms with Gasteiger partial charge in [-0.25, -0.2) is 17.2 Å². The van der Waals surface area contributed by atoms with Crippen molar-refractivity contribution >= 4 is 45.2 Å². The van der Waals surface area contributed by atoms with E-state index in [9.17, 15) is 45.2 Å². The molecule has 1 aliphatic carbocycles. The van der Waals surface area contributed by atoms with Crippen molar-refractivity contribution in [3.63, 3.8) is 0 Å². The van der Waals surface area contributed by atoms with Gasteiger partial charge in [0, 0.05) is 29.5 Å². The molecule has 5 rings (SSSR count). The Hall–Kier alpha value is -3.95. The van der Waals surface area contributed by atoms with Gasteiger partial charge in [-0.2, -0.15) is 13.2 Å². The Labute approximate surface area is 242 Å². The number of hydrogen-bond donors (Lipinski definition) is 3. The largest absolute Gasteiger partial charge is 0.491 e. The lowest BCUT2D eigenvalue weighted by molar-refractivity contribution is -0.140. The molecule has 1 fully saturated rings. The topological polar surface area (TPSA) is 120 Å².